The first-order chi connectivity index (χ1) is 9.99. The van der Waals surface area contributed by atoms with Gasteiger partial charge < -0.3 is 15.6 Å². The largest absolute Gasteiger partial charge is 0.367 e. The maximum absolute atomic E-state index is 11.0. The second-order valence-corrected chi connectivity index (χ2v) is 6.35. The Hall–Kier alpha value is -1.94. The van der Waals surface area contributed by atoms with Crippen LogP contribution < -0.4 is 15.4 Å². The maximum Gasteiger partial charge on any atom is 0.226 e. The van der Waals surface area contributed by atoms with E-state index in [0.29, 0.717) is 29.5 Å². The molecule has 116 valence electrons. The molecule has 0 aromatic carbocycles. The van der Waals surface area contributed by atoms with E-state index in [1.54, 1.807) is 6.33 Å². The van der Waals surface area contributed by atoms with Gasteiger partial charge >= 0.3 is 0 Å². The van der Waals surface area contributed by atoms with E-state index in [0.717, 1.165) is 19.2 Å². The van der Waals surface area contributed by atoms with Crippen molar-refractivity contribution in [1.82, 2.24) is 24.7 Å². The summed E-state index contributed by atoms with van der Waals surface area (Å²) in [7, 11) is -3.19. The smallest absolute Gasteiger partial charge is 0.226 e. The molecule has 0 aliphatic carbocycles. The van der Waals surface area contributed by atoms with Crippen molar-refractivity contribution < 1.29 is 8.42 Å². The SMILES string of the molecule is CCCNc1nc(NCCNS(C)(=O)=O)c2[nH]cnc2n1. The molecule has 0 aliphatic heterocycles. The van der Waals surface area contributed by atoms with Crippen molar-refractivity contribution in [3.05, 3.63) is 6.33 Å². The number of sulfonamides is 1. The average molecular weight is 313 g/mol. The topological polar surface area (TPSA) is 125 Å². The van der Waals surface area contributed by atoms with E-state index >= 15 is 0 Å². The molecule has 0 fully saturated rings. The number of anilines is 2. The molecular formula is C11H19N7O2S. The highest BCUT2D eigenvalue weighted by Gasteiger charge is 2.09. The predicted octanol–water partition coefficient (Wildman–Crippen LogP) is 0.136. The Kier molecular flexibility index (Phi) is 4.91. The van der Waals surface area contributed by atoms with Gasteiger partial charge in [-0.2, -0.15) is 9.97 Å². The van der Waals surface area contributed by atoms with Gasteiger partial charge in [-0.05, 0) is 6.42 Å². The first kappa shape index (κ1) is 15.4. The number of rotatable bonds is 8. The molecule has 4 N–H and O–H groups in total. The zero-order chi connectivity index (χ0) is 15.3. The second kappa shape index (κ2) is 6.68. The Labute approximate surface area is 123 Å². The van der Waals surface area contributed by atoms with Crippen LogP contribution in [0.5, 0.6) is 0 Å². The Morgan fingerprint density at radius 3 is 2.71 bits per heavy atom. The first-order valence-electron chi connectivity index (χ1n) is 6.63. The number of nitrogens with one attached hydrogen (secondary N) is 4. The highest BCUT2D eigenvalue weighted by atomic mass is 32.2. The zero-order valence-corrected chi connectivity index (χ0v) is 12.8. The lowest BCUT2D eigenvalue weighted by atomic mass is 10.4. The van der Waals surface area contributed by atoms with E-state index in [4.69, 9.17) is 0 Å². The minimum atomic E-state index is -3.19. The van der Waals surface area contributed by atoms with Crippen molar-refractivity contribution in [3.63, 3.8) is 0 Å². The number of imidazole rings is 1. The Morgan fingerprint density at radius 1 is 1.19 bits per heavy atom. The number of aromatic amines is 1. The van der Waals surface area contributed by atoms with Gasteiger partial charge in [-0.1, -0.05) is 6.92 Å². The molecule has 0 unspecified atom stereocenters. The molecule has 0 amide bonds. The van der Waals surface area contributed by atoms with Crippen LogP contribution in [0.2, 0.25) is 0 Å². The highest BCUT2D eigenvalue weighted by molar-refractivity contribution is 7.88. The number of H-pyrrole nitrogens is 1. The normalized spacial score (nSPS) is 11.7. The van der Waals surface area contributed by atoms with Gasteiger partial charge in [0.15, 0.2) is 11.5 Å². The third-order valence-corrected chi connectivity index (χ3v) is 3.33. The van der Waals surface area contributed by atoms with Crippen LogP contribution in [0, 0.1) is 0 Å². The van der Waals surface area contributed by atoms with Crippen molar-refractivity contribution in [2.75, 3.05) is 36.5 Å². The quantitative estimate of drug-likeness (QED) is 0.511. The van der Waals surface area contributed by atoms with Crippen LogP contribution >= 0.6 is 0 Å². The molecule has 0 radical (unpaired) electrons. The van der Waals surface area contributed by atoms with Crippen LogP contribution in [0.1, 0.15) is 13.3 Å². The van der Waals surface area contributed by atoms with Crippen LogP contribution in [0.15, 0.2) is 6.33 Å². The van der Waals surface area contributed by atoms with Gasteiger partial charge in [-0.25, -0.2) is 18.1 Å². The molecular weight excluding hydrogens is 294 g/mol. The summed E-state index contributed by atoms with van der Waals surface area (Å²) in [5.41, 5.74) is 1.25. The summed E-state index contributed by atoms with van der Waals surface area (Å²) < 4.78 is 24.4. The maximum atomic E-state index is 11.0. The zero-order valence-electron chi connectivity index (χ0n) is 12.0. The van der Waals surface area contributed by atoms with E-state index in [1.807, 2.05) is 0 Å². The summed E-state index contributed by atoms with van der Waals surface area (Å²) in [5, 5.41) is 6.18. The molecule has 21 heavy (non-hydrogen) atoms. The van der Waals surface area contributed by atoms with Gasteiger partial charge in [-0.15, -0.1) is 0 Å². The number of nitrogens with zero attached hydrogens (tertiary/aromatic N) is 3. The number of hydrogen-bond donors (Lipinski definition) is 4. The van der Waals surface area contributed by atoms with Gasteiger partial charge in [0, 0.05) is 19.6 Å². The van der Waals surface area contributed by atoms with Crippen LogP contribution in [-0.2, 0) is 10.0 Å². The van der Waals surface area contributed by atoms with Gasteiger partial charge in [0.05, 0.1) is 12.6 Å². The van der Waals surface area contributed by atoms with E-state index < -0.39 is 10.0 Å². The van der Waals surface area contributed by atoms with Crippen LogP contribution in [0.4, 0.5) is 11.8 Å². The minimum Gasteiger partial charge on any atom is -0.367 e. The molecule has 2 aromatic heterocycles. The molecule has 9 nitrogen and oxygen atoms in total. The lowest BCUT2D eigenvalue weighted by molar-refractivity contribution is 0.589. The van der Waals surface area contributed by atoms with Crippen LogP contribution in [-0.4, -0.2) is 54.2 Å². The summed E-state index contributed by atoms with van der Waals surface area (Å²) in [6.45, 7) is 3.50. The molecule has 2 aromatic rings. The molecule has 0 aliphatic rings. The molecule has 0 saturated carbocycles. The average Bonchev–Trinajstić information content (AvgIpc) is 2.88. The van der Waals surface area contributed by atoms with Crippen molar-refractivity contribution in [2.24, 2.45) is 0 Å². The minimum absolute atomic E-state index is 0.274. The fourth-order valence-electron chi connectivity index (χ4n) is 1.69. The molecule has 0 atom stereocenters. The van der Waals surface area contributed by atoms with Crippen molar-refractivity contribution in [2.45, 2.75) is 13.3 Å². The third kappa shape index (κ3) is 4.53. The number of fused-ring (bicyclic) bond motifs is 1. The lowest BCUT2D eigenvalue weighted by Crippen LogP contribution is -2.27. The lowest BCUT2D eigenvalue weighted by Gasteiger charge is -2.09. The summed E-state index contributed by atoms with van der Waals surface area (Å²) in [6.07, 6.45) is 3.63. The van der Waals surface area contributed by atoms with E-state index in [-0.39, 0.29) is 6.54 Å². The number of hydrogen-bond acceptors (Lipinski definition) is 7. The van der Waals surface area contributed by atoms with Crippen molar-refractivity contribution >= 4 is 33.0 Å². The van der Waals surface area contributed by atoms with Gasteiger partial charge in [0.1, 0.15) is 5.52 Å². The van der Waals surface area contributed by atoms with E-state index in [1.165, 1.54) is 0 Å². The molecule has 0 bridgehead atoms. The summed E-state index contributed by atoms with van der Waals surface area (Å²) >= 11 is 0. The van der Waals surface area contributed by atoms with E-state index in [2.05, 4.69) is 42.2 Å². The summed E-state index contributed by atoms with van der Waals surface area (Å²) in [5.74, 6) is 1.08. The van der Waals surface area contributed by atoms with Gasteiger partial charge in [-0.3, -0.25) is 0 Å². The van der Waals surface area contributed by atoms with E-state index in [9.17, 15) is 8.42 Å². The van der Waals surface area contributed by atoms with Crippen LogP contribution in [0.3, 0.4) is 0 Å². The van der Waals surface area contributed by atoms with Gasteiger partial charge in [0.25, 0.3) is 0 Å². The fraction of sp³-hybridized carbons (Fsp3) is 0.545. The predicted molar refractivity (Wildman–Crippen MR) is 81.8 cm³/mol. The summed E-state index contributed by atoms with van der Waals surface area (Å²) in [4.78, 5) is 15.7. The first-order valence-corrected chi connectivity index (χ1v) is 8.52. The monoisotopic (exact) mass is 313 g/mol. The van der Waals surface area contributed by atoms with Crippen LogP contribution in [0.25, 0.3) is 11.2 Å². The molecule has 2 rings (SSSR count). The number of aromatic nitrogens is 4. The standard InChI is InChI=1S/C11H19N7O2S/c1-3-4-13-11-17-9(8-10(18-11)15-7-14-8)12-5-6-16-21(2,19)20/h7,16H,3-6H2,1-2H3,(H3,12,13,14,15,17,18). The third-order valence-electron chi connectivity index (χ3n) is 2.60. The second-order valence-electron chi connectivity index (χ2n) is 4.52. The Bertz CT molecular complexity index is 698. The fourth-order valence-corrected chi connectivity index (χ4v) is 2.17. The molecule has 10 heteroatoms. The Balaban J connectivity index is 2.08. The van der Waals surface area contributed by atoms with Crippen molar-refractivity contribution in [3.8, 4) is 0 Å². The van der Waals surface area contributed by atoms with Crippen molar-refractivity contribution in [1.29, 1.82) is 0 Å². The highest BCUT2D eigenvalue weighted by Crippen LogP contribution is 2.18. The molecule has 2 heterocycles. The Morgan fingerprint density at radius 2 is 2.00 bits per heavy atom. The molecule has 0 saturated heterocycles. The summed E-state index contributed by atoms with van der Waals surface area (Å²) in [6, 6.07) is 0. The molecule has 0 spiro atoms. The van der Waals surface area contributed by atoms with Gasteiger partial charge in [0.2, 0.25) is 16.0 Å².